The van der Waals surface area contributed by atoms with Crippen molar-refractivity contribution < 1.29 is 14.5 Å². The maximum Gasteiger partial charge on any atom is 0.269 e. The first-order valence-corrected chi connectivity index (χ1v) is 7.95. The quantitative estimate of drug-likeness (QED) is 0.670. The summed E-state index contributed by atoms with van der Waals surface area (Å²) in [6.45, 7) is -0.170. The van der Waals surface area contributed by atoms with Crippen molar-refractivity contribution in [1.82, 2.24) is 0 Å². The largest absolute Gasteiger partial charge is 0.324 e. The number of nitrogens with zero attached hydrogens (tertiary/aromatic N) is 2. The van der Waals surface area contributed by atoms with E-state index in [1.165, 1.54) is 23.1 Å². The van der Waals surface area contributed by atoms with Gasteiger partial charge in [0.2, 0.25) is 11.8 Å². The first kappa shape index (κ1) is 16.9. The number of nitro groups is 1. The van der Waals surface area contributed by atoms with Crippen molar-refractivity contribution in [1.29, 1.82) is 0 Å². The molecule has 0 spiro atoms. The summed E-state index contributed by atoms with van der Waals surface area (Å²) in [6.07, 6.45) is 0.626. The molecule has 2 aromatic rings. The van der Waals surface area contributed by atoms with Crippen molar-refractivity contribution in [2.24, 2.45) is 0 Å². The highest BCUT2D eigenvalue weighted by atomic mass is 35.5. The zero-order valence-electron chi connectivity index (χ0n) is 13.1. The number of hydrogen-bond acceptors (Lipinski definition) is 4. The number of fused-ring (bicyclic) bond motifs is 1. The minimum atomic E-state index is -0.479. The van der Waals surface area contributed by atoms with Crippen molar-refractivity contribution in [3.8, 4) is 0 Å². The van der Waals surface area contributed by atoms with Crippen LogP contribution in [-0.4, -0.2) is 23.3 Å². The van der Waals surface area contributed by atoms with Crippen molar-refractivity contribution in [3.63, 3.8) is 0 Å². The summed E-state index contributed by atoms with van der Waals surface area (Å²) in [5, 5.41) is 14.1. The van der Waals surface area contributed by atoms with Gasteiger partial charge in [-0.3, -0.25) is 19.7 Å². The monoisotopic (exact) mass is 359 g/mol. The normalized spacial score (nSPS) is 13.3. The molecule has 7 nitrogen and oxygen atoms in total. The Labute approximate surface area is 148 Å². The van der Waals surface area contributed by atoms with Crippen LogP contribution in [0.25, 0.3) is 0 Å². The van der Waals surface area contributed by atoms with Gasteiger partial charge in [0.25, 0.3) is 5.69 Å². The van der Waals surface area contributed by atoms with Gasteiger partial charge in [-0.1, -0.05) is 17.7 Å². The summed E-state index contributed by atoms with van der Waals surface area (Å²) in [6, 6.07) is 11.0. The predicted molar refractivity (Wildman–Crippen MR) is 93.9 cm³/mol. The van der Waals surface area contributed by atoms with E-state index in [9.17, 15) is 19.7 Å². The van der Waals surface area contributed by atoms with Gasteiger partial charge in [-0.15, -0.1) is 0 Å². The van der Waals surface area contributed by atoms with E-state index >= 15 is 0 Å². The highest BCUT2D eigenvalue weighted by Crippen LogP contribution is 2.31. The van der Waals surface area contributed by atoms with Crippen LogP contribution in [-0.2, 0) is 16.0 Å². The van der Waals surface area contributed by atoms with Crippen molar-refractivity contribution in [2.75, 3.05) is 16.8 Å². The number of nitrogens with one attached hydrogen (secondary N) is 1. The Balaban J connectivity index is 1.79. The third-order valence-corrected chi connectivity index (χ3v) is 4.12. The molecule has 0 fully saturated rings. The average molecular weight is 360 g/mol. The lowest BCUT2D eigenvalue weighted by atomic mass is 10.0. The fraction of sp³-hybridized carbons (Fsp3) is 0.176. The molecular formula is C17H14ClN3O4. The number of amides is 2. The van der Waals surface area contributed by atoms with Crippen LogP contribution < -0.4 is 10.2 Å². The Morgan fingerprint density at radius 2 is 2.04 bits per heavy atom. The topological polar surface area (TPSA) is 92.5 Å². The summed E-state index contributed by atoms with van der Waals surface area (Å²) in [7, 11) is 0. The van der Waals surface area contributed by atoms with Crippen LogP contribution in [0.1, 0.15) is 12.0 Å². The van der Waals surface area contributed by atoms with Crippen LogP contribution in [0.5, 0.6) is 0 Å². The standard InChI is InChI=1S/C17H14ClN3O4/c18-12-2-1-3-13(9-12)19-16(22)10-20-15-6-5-14(21(24)25)8-11(15)4-7-17(20)23/h1-3,5-6,8-9H,4,7,10H2,(H,19,22). The Morgan fingerprint density at radius 1 is 1.24 bits per heavy atom. The van der Waals surface area contributed by atoms with Gasteiger partial charge in [-0.05, 0) is 36.2 Å². The lowest BCUT2D eigenvalue weighted by Gasteiger charge is -2.28. The molecule has 8 heteroatoms. The zero-order valence-corrected chi connectivity index (χ0v) is 13.8. The maximum atomic E-state index is 12.3. The fourth-order valence-corrected chi connectivity index (χ4v) is 2.93. The molecular weight excluding hydrogens is 346 g/mol. The van der Waals surface area contributed by atoms with E-state index in [1.807, 2.05) is 0 Å². The molecule has 0 aromatic heterocycles. The predicted octanol–water partition coefficient (Wildman–Crippen LogP) is 3.17. The van der Waals surface area contributed by atoms with E-state index in [2.05, 4.69) is 5.32 Å². The number of carbonyl (C=O) groups is 2. The number of hydrogen-bond donors (Lipinski definition) is 1. The van der Waals surface area contributed by atoms with Gasteiger partial charge in [0.05, 0.1) is 4.92 Å². The van der Waals surface area contributed by atoms with Crippen LogP contribution >= 0.6 is 11.6 Å². The lowest BCUT2D eigenvalue weighted by Crippen LogP contribution is -2.40. The van der Waals surface area contributed by atoms with Crippen molar-refractivity contribution in [2.45, 2.75) is 12.8 Å². The van der Waals surface area contributed by atoms with Gasteiger partial charge >= 0.3 is 0 Å². The molecule has 0 radical (unpaired) electrons. The molecule has 1 aliphatic heterocycles. The van der Waals surface area contributed by atoms with Gasteiger partial charge in [-0.25, -0.2) is 0 Å². The third kappa shape index (κ3) is 3.77. The molecule has 0 bridgehead atoms. The molecule has 3 rings (SSSR count). The van der Waals surface area contributed by atoms with E-state index in [-0.39, 0.29) is 30.5 Å². The third-order valence-electron chi connectivity index (χ3n) is 3.88. The molecule has 0 saturated carbocycles. The summed E-state index contributed by atoms with van der Waals surface area (Å²) >= 11 is 5.88. The number of carbonyl (C=O) groups excluding carboxylic acids is 2. The van der Waals surface area contributed by atoms with Crippen LogP contribution in [0.15, 0.2) is 42.5 Å². The Hall–Kier alpha value is -2.93. The minimum absolute atomic E-state index is 0.0311. The molecule has 2 aromatic carbocycles. The van der Waals surface area contributed by atoms with E-state index in [4.69, 9.17) is 11.6 Å². The van der Waals surface area contributed by atoms with Gasteiger partial charge in [0.15, 0.2) is 0 Å². The first-order chi connectivity index (χ1) is 11.9. The number of halogens is 1. The van der Waals surface area contributed by atoms with Crippen LogP contribution in [0.3, 0.4) is 0 Å². The molecule has 1 N–H and O–H groups in total. The molecule has 0 saturated heterocycles. The molecule has 128 valence electrons. The number of non-ortho nitro benzene ring substituents is 1. The molecule has 0 unspecified atom stereocenters. The smallest absolute Gasteiger partial charge is 0.269 e. The lowest BCUT2D eigenvalue weighted by molar-refractivity contribution is -0.384. The van der Waals surface area contributed by atoms with Gasteiger partial charge in [-0.2, -0.15) is 0 Å². The van der Waals surface area contributed by atoms with Crippen molar-refractivity contribution in [3.05, 3.63) is 63.2 Å². The Kier molecular flexibility index (Phi) is 4.67. The summed E-state index contributed by atoms with van der Waals surface area (Å²) in [5.74, 6) is -0.565. The summed E-state index contributed by atoms with van der Waals surface area (Å²) in [4.78, 5) is 36.2. The average Bonchev–Trinajstić information content (AvgIpc) is 2.57. The zero-order chi connectivity index (χ0) is 18.0. The number of benzene rings is 2. The summed E-state index contributed by atoms with van der Waals surface area (Å²) in [5.41, 5.74) is 1.72. The molecule has 1 aliphatic rings. The fourth-order valence-electron chi connectivity index (χ4n) is 2.74. The molecule has 2 amide bonds. The van der Waals surface area contributed by atoms with Gasteiger partial charge in [0, 0.05) is 35.0 Å². The Bertz CT molecular complexity index is 869. The second-order valence-corrected chi connectivity index (χ2v) is 6.04. The molecule has 25 heavy (non-hydrogen) atoms. The second-order valence-electron chi connectivity index (χ2n) is 5.61. The second kappa shape index (κ2) is 6.90. The number of rotatable bonds is 4. The molecule has 1 heterocycles. The Morgan fingerprint density at radius 3 is 2.76 bits per heavy atom. The van der Waals surface area contributed by atoms with Crippen LogP contribution in [0, 0.1) is 10.1 Å². The number of aryl methyl sites for hydroxylation is 1. The van der Waals surface area contributed by atoms with Crippen LogP contribution in [0.4, 0.5) is 17.1 Å². The molecule has 0 aliphatic carbocycles. The summed E-state index contributed by atoms with van der Waals surface area (Å²) < 4.78 is 0. The van der Waals surface area contributed by atoms with Crippen molar-refractivity contribution >= 4 is 40.5 Å². The van der Waals surface area contributed by atoms with Gasteiger partial charge < -0.3 is 10.2 Å². The minimum Gasteiger partial charge on any atom is -0.324 e. The van der Waals surface area contributed by atoms with Gasteiger partial charge in [0.1, 0.15) is 6.54 Å². The maximum absolute atomic E-state index is 12.3. The SMILES string of the molecule is O=C(CN1C(=O)CCc2cc([N+](=O)[O-])ccc21)Nc1cccc(Cl)c1. The molecule has 0 atom stereocenters. The van der Waals surface area contributed by atoms with Crippen LogP contribution in [0.2, 0.25) is 5.02 Å². The van der Waals surface area contributed by atoms with E-state index in [0.29, 0.717) is 28.4 Å². The van der Waals surface area contributed by atoms with E-state index in [0.717, 1.165) is 0 Å². The number of nitro benzene ring substituents is 1. The number of anilines is 2. The first-order valence-electron chi connectivity index (χ1n) is 7.57. The highest BCUT2D eigenvalue weighted by molar-refractivity contribution is 6.30. The highest BCUT2D eigenvalue weighted by Gasteiger charge is 2.27. The van der Waals surface area contributed by atoms with E-state index < -0.39 is 4.92 Å². The van der Waals surface area contributed by atoms with E-state index in [1.54, 1.807) is 24.3 Å².